The minimum absolute atomic E-state index is 0.0838. The number of rotatable bonds is 6. The van der Waals surface area contributed by atoms with Crippen molar-refractivity contribution in [1.29, 1.82) is 0 Å². The number of carbonyl (C=O) groups is 2. The van der Waals surface area contributed by atoms with Crippen LogP contribution in [0.5, 0.6) is 0 Å². The van der Waals surface area contributed by atoms with Crippen molar-refractivity contribution in [2.75, 3.05) is 6.61 Å². The fraction of sp³-hybridized carbons (Fsp3) is 0.391. The Hall–Kier alpha value is -2.96. The highest BCUT2D eigenvalue weighted by Crippen LogP contribution is 2.44. The quantitative estimate of drug-likeness (QED) is 0.710. The second-order valence-electron chi connectivity index (χ2n) is 8.03. The number of alkyl carbamates (subject to hydrolysis) is 1. The number of benzene rings is 2. The summed E-state index contributed by atoms with van der Waals surface area (Å²) in [7, 11) is 0. The molecule has 0 spiro atoms. The summed E-state index contributed by atoms with van der Waals surface area (Å²) >= 11 is 0. The summed E-state index contributed by atoms with van der Waals surface area (Å²) in [4.78, 5) is 23.6. The van der Waals surface area contributed by atoms with Crippen molar-refractivity contribution in [3.63, 3.8) is 0 Å². The molecule has 158 valence electrons. The normalized spacial score (nSPS) is 20.3. The number of alkyl halides is 2. The summed E-state index contributed by atoms with van der Waals surface area (Å²) in [6, 6.07) is 14.9. The first kappa shape index (κ1) is 20.3. The highest BCUT2D eigenvalue weighted by molar-refractivity contribution is 5.79. The Bertz CT molecular complexity index is 916. The first-order chi connectivity index (χ1) is 14.3. The lowest BCUT2D eigenvalue weighted by atomic mass is 9.95. The van der Waals surface area contributed by atoms with Crippen LogP contribution in [-0.2, 0) is 9.53 Å². The number of carbonyl (C=O) groups excluding carboxylic acids is 1. The largest absolute Gasteiger partial charge is 0.481 e. The molecule has 4 rings (SSSR count). The second kappa shape index (κ2) is 8.05. The van der Waals surface area contributed by atoms with Crippen molar-refractivity contribution in [3.05, 3.63) is 59.7 Å². The third-order valence-electron chi connectivity index (χ3n) is 6.05. The van der Waals surface area contributed by atoms with Gasteiger partial charge in [0.05, 0.1) is 6.42 Å². The predicted molar refractivity (Wildman–Crippen MR) is 107 cm³/mol. The van der Waals surface area contributed by atoms with Crippen LogP contribution in [0.15, 0.2) is 48.5 Å². The van der Waals surface area contributed by atoms with Crippen LogP contribution in [0.3, 0.4) is 0 Å². The van der Waals surface area contributed by atoms with E-state index in [1.54, 1.807) is 0 Å². The van der Waals surface area contributed by atoms with E-state index < -0.39 is 42.8 Å². The molecule has 5 nitrogen and oxygen atoms in total. The van der Waals surface area contributed by atoms with E-state index in [1.165, 1.54) is 0 Å². The van der Waals surface area contributed by atoms with Gasteiger partial charge >= 0.3 is 12.1 Å². The molecule has 2 atom stereocenters. The van der Waals surface area contributed by atoms with Gasteiger partial charge in [0.25, 0.3) is 0 Å². The van der Waals surface area contributed by atoms with Crippen LogP contribution in [-0.4, -0.2) is 35.7 Å². The average molecular weight is 415 g/mol. The third-order valence-corrected chi connectivity index (χ3v) is 6.05. The van der Waals surface area contributed by atoms with Crippen LogP contribution in [0.1, 0.15) is 42.7 Å². The Morgan fingerprint density at radius 1 is 1.10 bits per heavy atom. The Morgan fingerprint density at radius 2 is 1.70 bits per heavy atom. The van der Waals surface area contributed by atoms with Crippen molar-refractivity contribution in [3.8, 4) is 11.1 Å². The second-order valence-corrected chi connectivity index (χ2v) is 8.03. The maximum Gasteiger partial charge on any atom is 0.407 e. The van der Waals surface area contributed by atoms with Crippen molar-refractivity contribution in [2.24, 2.45) is 5.92 Å². The molecule has 2 N–H and O–H groups in total. The molecule has 2 aromatic carbocycles. The van der Waals surface area contributed by atoms with Gasteiger partial charge < -0.3 is 15.2 Å². The van der Waals surface area contributed by atoms with Gasteiger partial charge in [0, 0.05) is 24.8 Å². The smallest absolute Gasteiger partial charge is 0.407 e. The molecule has 30 heavy (non-hydrogen) atoms. The molecule has 0 aliphatic heterocycles. The molecule has 0 heterocycles. The molecule has 1 fully saturated rings. The lowest BCUT2D eigenvalue weighted by molar-refractivity contribution is -0.137. The van der Waals surface area contributed by atoms with E-state index in [2.05, 4.69) is 5.32 Å². The summed E-state index contributed by atoms with van der Waals surface area (Å²) in [6.45, 7) is 0.0838. The molecular weight excluding hydrogens is 392 g/mol. The number of carboxylic acid groups (broad SMARTS) is 1. The highest BCUT2D eigenvalue weighted by atomic mass is 19.3. The van der Waals surface area contributed by atoms with Gasteiger partial charge in [-0.25, -0.2) is 13.6 Å². The molecule has 0 bridgehead atoms. The Balaban J connectivity index is 1.43. The fourth-order valence-electron chi connectivity index (χ4n) is 4.64. The number of fused-ring (bicyclic) bond motifs is 3. The van der Waals surface area contributed by atoms with Crippen molar-refractivity contribution >= 4 is 12.1 Å². The predicted octanol–water partition coefficient (Wildman–Crippen LogP) is 4.80. The lowest BCUT2D eigenvalue weighted by Crippen LogP contribution is -2.42. The molecule has 2 aromatic rings. The molecule has 7 heteroatoms. The zero-order valence-electron chi connectivity index (χ0n) is 16.3. The zero-order valence-corrected chi connectivity index (χ0v) is 16.3. The summed E-state index contributed by atoms with van der Waals surface area (Å²) in [5.74, 6) is -4.67. The van der Waals surface area contributed by atoms with Crippen LogP contribution in [0.2, 0.25) is 0 Å². The first-order valence-electron chi connectivity index (χ1n) is 10.1. The molecule has 2 aliphatic rings. The lowest BCUT2D eigenvalue weighted by Gasteiger charge is -2.23. The molecular formula is C23H23F2NO4. The SMILES string of the molecule is O=C(O)C[C@H](NC(=O)OCC1c2ccccc2-c2ccccc21)C1CCC(F)(F)C1. The maximum atomic E-state index is 13.6. The minimum atomic E-state index is -2.82. The van der Waals surface area contributed by atoms with Gasteiger partial charge in [0.1, 0.15) is 6.61 Å². The van der Waals surface area contributed by atoms with E-state index in [0.29, 0.717) is 0 Å². The molecule has 0 radical (unpaired) electrons. The number of aliphatic carboxylic acids is 1. The molecule has 1 amide bonds. The summed E-state index contributed by atoms with van der Waals surface area (Å²) in [5, 5.41) is 11.7. The van der Waals surface area contributed by atoms with E-state index in [1.807, 2.05) is 48.5 Å². The summed E-state index contributed by atoms with van der Waals surface area (Å²) < 4.78 is 32.6. The molecule has 1 unspecified atom stereocenters. The van der Waals surface area contributed by atoms with Crippen LogP contribution >= 0.6 is 0 Å². The summed E-state index contributed by atoms with van der Waals surface area (Å²) in [6.07, 6.45) is -1.73. The van der Waals surface area contributed by atoms with E-state index in [0.717, 1.165) is 22.3 Å². The van der Waals surface area contributed by atoms with Gasteiger partial charge in [-0.15, -0.1) is 0 Å². The minimum Gasteiger partial charge on any atom is -0.481 e. The number of ether oxygens (including phenoxy) is 1. The number of nitrogens with one attached hydrogen (secondary N) is 1. The van der Waals surface area contributed by atoms with E-state index in [4.69, 9.17) is 9.84 Å². The Kier molecular flexibility index (Phi) is 5.45. The monoisotopic (exact) mass is 415 g/mol. The fourth-order valence-corrected chi connectivity index (χ4v) is 4.64. The van der Waals surface area contributed by atoms with E-state index in [9.17, 15) is 18.4 Å². The van der Waals surface area contributed by atoms with Gasteiger partial charge in [0.2, 0.25) is 5.92 Å². The maximum absolute atomic E-state index is 13.6. The van der Waals surface area contributed by atoms with Crippen LogP contribution in [0.25, 0.3) is 11.1 Å². The number of carboxylic acids is 1. The van der Waals surface area contributed by atoms with Gasteiger partial charge in [-0.2, -0.15) is 0 Å². The molecule has 1 saturated carbocycles. The molecule has 0 saturated heterocycles. The van der Waals surface area contributed by atoms with Crippen molar-refractivity contribution < 1.29 is 28.2 Å². The van der Waals surface area contributed by atoms with E-state index in [-0.39, 0.29) is 25.4 Å². The highest BCUT2D eigenvalue weighted by Gasteiger charge is 2.43. The topological polar surface area (TPSA) is 75.6 Å². The van der Waals surface area contributed by atoms with Gasteiger partial charge in [-0.1, -0.05) is 48.5 Å². The Labute approximate surface area is 173 Å². The zero-order chi connectivity index (χ0) is 21.3. The average Bonchev–Trinajstić information content (AvgIpc) is 3.23. The third kappa shape index (κ3) is 4.15. The van der Waals surface area contributed by atoms with Crippen LogP contribution in [0.4, 0.5) is 13.6 Å². The molecule has 2 aliphatic carbocycles. The van der Waals surface area contributed by atoms with Gasteiger partial charge in [-0.3, -0.25) is 4.79 Å². The van der Waals surface area contributed by atoms with Gasteiger partial charge in [0.15, 0.2) is 0 Å². The first-order valence-corrected chi connectivity index (χ1v) is 10.1. The number of hydrogen-bond acceptors (Lipinski definition) is 3. The van der Waals surface area contributed by atoms with Crippen molar-refractivity contribution in [2.45, 2.75) is 43.6 Å². The molecule has 0 aromatic heterocycles. The number of halogens is 2. The van der Waals surface area contributed by atoms with E-state index >= 15 is 0 Å². The van der Waals surface area contributed by atoms with Crippen molar-refractivity contribution in [1.82, 2.24) is 5.32 Å². The van der Waals surface area contributed by atoms with Crippen LogP contribution in [0, 0.1) is 5.92 Å². The standard InChI is InChI=1S/C23H23F2NO4/c24-23(25)10-9-14(12-23)20(11-21(27)28)26-22(29)30-13-19-17-7-3-1-5-15(17)16-6-2-4-8-18(16)19/h1-8,14,19-20H,9-13H2,(H,26,29)(H,27,28)/t14?,20-/m0/s1. The number of hydrogen-bond donors (Lipinski definition) is 2. The summed E-state index contributed by atoms with van der Waals surface area (Å²) in [5.41, 5.74) is 4.31. The van der Waals surface area contributed by atoms with Gasteiger partial charge in [-0.05, 0) is 34.6 Å². The Morgan fingerprint density at radius 3 is 2.23 bits per heavy atom. The number of amides is 1. The van der Waals surface area contributed by atoms with Crippen LogP contribution < -0.4 is 5.32 Å².